The predicted octanol–water partition coefficient (Wildman–Crippen LogP) is 1.88. The van der Waals surface area contributed by atoms with Gasteiger partial charge in [-0.2, -0.15) is 0 Å². The molecule has 1 aliphatic rings. The number of aliphatic imine (C=N–C) groups is 1. The van der Waals surface area contributed by atoms with Gasteiger partial charge in [0.05, 0.1) is 6.04 Å². The molecule has 0 spiro atoms. The first-order valence-corrected chi connectivity index (χ1v) is 6.17. The van der Waals surface area contributed by atoms with E-state index in [-0.39, 0.29) is 0 Å². The Balaban J connectivity index is 2.28. The molecule has 14 heavy (non-hydrogen) atoms. The second-order valence-corrected chi connectivity index (χ2v) is 4.83. The monoisotopic (exact) mass is 216 g/mol. The first kappa shape index (κ1) is 11.9. The van der Waals surface area contributed by atoms with Gasteiger partial charge in [0.1, 0.15) is 0 Å². The molecule has 1 aliphatic heterocycles. The van der Waals surface area contributed by atoms with Crippen LogP contribution in [0.5, 0.6) is 0 Å². The van der Waals surface area contributed by atoms with Gasteiger partial charge in [-0.05, 0) is 26.7 Å². The highest BCUT2D eigenvalue weighted by Gasteiger charge is 2.12. The molecule has 1 heterocycles. The number of nitrogens with zero attached hydrogens (tertiary/aromatic N) is 1. The third kappa shape index (κ3) is 4.33. The molecule has 0 aromatic heterocycles. The Morgan fingerprint density at radius 1 is 1.71 bits per heavy atom. The molecule has 0 aromatic carbocycles. The van der Waals surface area contributed by atoms with E-state index in [2.05, 4.69) is 24.2 Å². The molecule has 0 radical (unpaired) electrons. The number of methoxy groups -OCH3 is 1. The van der Waals surface area contributed by atoms with Crippen LogP contribution in [0.2, 0.25) is 0 Å². The van der Waals surface area contributed by atoms with E-state index in [1.807, 2.05) is 11.8 Å². The molecule has 2 unspecified atom stereocenters. The molecule has 82 valence electrons. The first-order valence-electron chi connectivity index (χ1n) is 5.18. The summed E-state index contributed by atoms with van der Waals surface area (Å²) in [4.78, 5) is 4.56. The number of hydrogen-bond acceptors (Lipinski definition) is 4. The normalized spacial score (nSPS) is 24.2. The number of nitrogens with one attached hydrogen (secondary N) is 1. The van der Waals surface area contributed by atoms with E-state index in [4.69, 9.17) is 4.74 Å². The van der Waals surface area contributed by atoms with Gasteiger partial charge in [0.25, 0.3) is 0 Å². The third-order valence-electron chi connectivity index (χ3n) is 2.24. The fourth-order valence-corrected chi connectivity index (χ4v) is 2.48. The number of rotatable bonds is 4. The van der Waals surface area contributed by atoms with E-state index in [1.165, 1.54) is 12.2 Å². The lowest BCUT2D eigenvalue weighted by atomic mass is 10.2. The Hall–Kier alpha value is -0.220. The molecule has 1 rings (SSSR count). The van der Waals surface area contributed by atoms with Crippen LogP contribution in [0.1, 0.15) is 26.7 Å². The van der Waals surface area contributed by atoms with E-state index in [0.29, 0.717) is 12.1 Å². The average Bonchev–Trinajstić information content (AvgIpc) is 2.15. The van der Waals surface area contributed by atoms with E-state index >= 15 is 0 Å². The Morgan fingerprint density at radius 2 is 2.50 bits per heavy atom. The van der Waals surface area contributed by atoms with Gasteiger partial charge in [0.15, 0.2) is 5.17 Å². The van der Waals surface area contributed by atoms with Crippen LogP contribution >= 0.6 is 11.8 Å². The summed E-state index contributed by atoms with van der Waals surface area (Å²) in [6.07, 6.45) is 2.23. The molecule has 1 N–H and O–H groups in total. The Bertz CT molecular complexity index is 197. The van der Waals surface area contributed by atoms with Gasteiger partial charge in [0, 0.05) is 25.5 Å². The molecule has 4 heteroatoms. The Morgan fingerprint density at radius 3 is 3.14 bits per heavy atom. The minimum atomic E-state index is 0.450. The van der Waals surface area contributed by atoms with Crippen molar-refractivity contribution in [2.45, 2.75) is 38.8 Å². The van der Waals surface area contributed by atoms with Crippen LogP contribution in [0.25, 0.3) is 0 Å². The number of ether oxygens (including phenoxy) is 1. The molecule has 0 amide bonds. The largest absolute Gasteiger partial charge is 0.385 e. The predicted molar refractivity (Wildman–Crippen MR) is 63.1 cm³/mol. The van der Waals surface area contributed by atoms with Gasteiger partial charge < -0.3 is 10.1 Å². The van der Waals surface area contributed by atoms with Crippen LogP contribution in [-0.2, 0) is 4.74 Å². The minimum Gasteiger partial charge on any atom is -0.385 e. The Labute approximate surface area is 90.7 Å². The molecule has 0 aliphatic carbocycles. The topological polar surface area (TPSA) is 33.6 Å². The number of amidine groups is 1. The van der Waals surface area contributed by atoms with Crippen LogP contribution in [0, 0.1) is 0 Å². The van der Waals surface area contributed by atoms with Gasteiger partial charge in [0.2, 0.25) is 0 Å². The van der Waals surface area contributed by atoms with Crippen molar-refractivity contribution >= 4 is 16.9 Å². The van der Waals surface area contributed by atoms with Crippen LogP contribution in [-0.4, -0.2) is 36.7 Å². The zero-order valence-corrected chi connectivity index (χ0v) is 10.1. The van der Waals surface area contributed by atoms with E-state index in [0.717, 1.165) is 18.2 Å². The number of hydrogen-bond donors (Lipinski definition) is 1. The first-order chi connectivity index (χ1) is 6.72. The maximum atomic E-state index is 5.04. The zero-order chi connectivity index (χ0) is 10.4. The molecule has 3 nitrogen and oxygen atoms in total. The van der Waals surface area contributed by atoms with Crippen molar-refractivity contribution < 1.29 is 4.74 Å². The molecule has 0 bridgehead atoms. The maximum Gasteiger partial charge on any atom is 0.157 e. The van der Waals surface area contributed by atoms with E-state index < -0.39 is 0 Å². The summed E-state index contributed by atoms with van der Waals surface area (Å²) in [5, 5.41) is 4.52. The Kier molecular flexibility index (Phi) is 5.33. The van der Waals surface area contributed by atoms with Crippen molar-refractivity contribution in [3.8, 4) is 0 Å². The second kappa shape index (κ2) is 6.30. The lowest BCUT2D eigenvalue weighted by Gasteiger charge is -2.21. The van der Waals surface area contributed by atoms with Gasteiger partial charge in [-0.25, -0.2) is 0 Å². The fraction of sp³-hybridized carbons (Fsp3) is 0.900. The van der Waals surface area contributed by atoms with Crippen LogP contribution in [0.4, 0.5) is 0 Å². The maximum absolute atomic E-state index is 5.04. The van der Waals surface area contributed by atoms with Crippen molar-refractivity contribution in [1.82, 2.24) is 5.32 Å². The van der Waals surface area contributed by atoms with Crippen molar-refractivity contribution in [2.24, 2.45) is 4.99 Å². The molecular weight excluding hydrogens is 196 g/mol. The van der Waals surface area contributed by atoms with Crippen LogP contribution in [0.3, 0.4) is 0 Å². The van der Waals surface area contributed by atoms with Crippen molar-refractivity contribution in [1.29, 1.82) is 0 Å². The highest BCUT2D eigenvalue weighted by molar-refractivity contribution is 8.13. The summed E-state index contributed by atoms with van der Waals surface area (Å²) < 4.78 is 5.04. The highest BCUT2D eigenvalue weighted by atomic mass is 32.2. The lowest BCUT2D eigenvalue weighted by Crippen LogP contribution is -2.34. The van der Waals surface area contributed by atoms with Crippen molar-refractivity contribution in [3.63, 3.8) is 0 Å². The number of thioether (sulfide) groups is 1. The molecule has 0 saturated carbocycles. The van der Waals surface area contributed by atoms with E-state index in [1.54, 1.807) is 7.11 Å². The zero-order valence-electron chi connectivity index (χ0n) is 9.25. The third-order valence-corrected chi connectivity index (χ3v) is 3.17. The van der Waals surface area contributed by atoms with Gasteiger partial charge in [-0.3, -0.25) is 4.99 Å². The quantitative estimate of drug-likeness (QED) is 0.779. The summed E-state index contributed by atoms with van der Waals surface area (Å²) in [5.74, 6) is 1.18. The smallest absolute Gasteiger partial charge is 0.157 e. The lowest BCUT2D eigenvalue weighted by molar-refractivity contribution is 0.187. The average molecular weight is 216 g/mol. The van der Waals surface area contributed by atoms with Gasteiger partial charge >= 0.3 is 0 Å². The van der Waals surface area contributed by atoms with Gasteiger partial charge in [-0.1, -0.05) is 11.8 Å². The summed E-state index contributed by atoms with van der Waals surface area (Å²) in [5.41, 5.74) is 0. The molecule has 2 atom stereocenters. The molecule has 0 saturated heterocycles. The fourth-order valence-electron chi connectivity index (χ4n) is 1.28. The summed E-state index contributed by atoms with van der Waals surface area (Å²) in [7, 11) is 1.74. The molecular formula is C10H20N2OS. The summed E-state index contributed by atoms with van der Waals surface area (Å²) in [6, 6.07) is 0.930. The molecule has 0 fully saturated rings. The molecule has 0 aromatic rings. The standard InChI is InChI=1S/C10H20N2OS/c1-8(4-6-13-3)11-10-12-9(2)5-7-14-10/h8-9H,4-7H2,1-3H3,(H,11,12). The summed E-state index contributed by atoms with van der Waals surface area (Å²) >= 11 is 1.83. The van der Waals surface area contributed by atoms with Crippen molar-refractivity contribution in [2.75, 3.05) is 19.5 Å². The van der Waals surface area contributed by atoms with E-state index in [9.17, 15) is 0 Å². The highest BCUT2D eigenvalue weighted by Crippen LogP contribution is 2.16. The second-order valence-electron chi connectivity index (χ2n) is 3.75. The van der Waals surface area contributed by atoms with Crippen LogP contribution in [0.15, 0.2) is 4.99 Å². The van der Waals surface area contributed by atoms with Crippen molar-refractivity contribution in [3.05, 3.63) is 0 Å². The SMILES string of the molecule is COCCC(C)NC1=NC(C)CCS1. The summed E-state index contributed by atoms with van der Waals surface area (Å²) in [6.45, 7) is 5.14. The van der Waals surface area contributed by atoms with Gasteiger partial charge in [-0.15, -0.1) is 0 Å². The minimum absolute atomic E-state index is 0.450. The van der Waals surface area contributed by atoms with Crippen LogP contribution < -0.4 is 5.32 Å².